The number of piperidine rings is 2. The minimum absolute atomic E-state index is 0.0693. The molecule has 0 aromatic heterocycles. The Kier molecular flexibility index (Phi) is 8.91. The molecule has 0 bridgehead atoms. The highest BCUT2D eigenvalue weighted by molar-refractivity contribution is 5.80. The van der Waals surface area contributed by atoms with Crippen LogP contribution in [-0.4, -0.2) is 59.5 Å². The zero-order valence-electron chi connectivity index (χ0n) is 20.3. The van der Waals surface area contributed by atoms with Crippen LogP contribution in [0.5, 0.6) is 0 Å². The van der Waals surface area contributed by atoms with Gasteiger partial charge in [-0.15, -0.1) is 0 Å². The van der Waals surface area contributed by atoms with Crippen molar-refractivity contribution in [2.45, 2.75) is 82.6 Å². The molecule has 33 heavy (non-hydrogen) atoms. The number of nitrogens with zero attached hydrogens (tertiary/aromatic N) is 3. The summed E-state index contributed by atoms with van der Waals surface area (Å²) in [5.41, 5.74) is 1.63. The Balaban J connectivity index is 1.68. The maximum Gasteiger partial charge on any atom is 0.303 e. The SMILES string of the molecule is CCCC1C(C(=O)N2CCC(C#N)(c3ccccc3CCCCC(=O)O)CC2)CCCN1C. The van der Waals surface area contributed by atoms with Crippen LogP contribution < -0.4 is 0 Å². The number of carboxylic acid groups (broad SMARTS) is 1. The number of unbranched alkanes of at least 4 members (excludes halogenated alkanes) is 1. The summed E-state index contributed by atoms with van der Waals surface area (Å²) in [5, 5.41) is 19.1. The van der Waals surface area contributed by atoms with Crippen LogP contribution in [0, 0.1) is 17.2 Å². The lowest BCUT2D eigenvalue weighted by Crippen LogP contribution is -2.53. The molecule has 2 atom stereocenters. The zero-order valence-corrected chi connectivity index (χ0v) is 20.3. The number of nitriles is 1. The van der Waals surface area contributed by atoms with E-state index in [1.807, 2.05) is 17.0 Å². The highest BCUT2D eigenvalue weighted by Gasteiger charge is 2.42. The average Bonchev–Trinajstić information content (AvgIpc) is 2.83. The molecule has 2 unspecified atom stereocenters. The van der Waals surface area contributed by atoms with Crippen LogP contribution in [0.2, 0.25) is 0 Å². The van der Waals surface area contributed by atoms with Gasteiger partial charge in [0.25, 0.3) is 0 Å². The van der Waals surface area contributed by atoms with Crippen molar-refractivity contribution < 1.29 is 14.7 Å². The van der Waals surface area contributed by atoms with Crippen molar-refractivity contribution in [1.82, 2.24) is 9.80 Å². The average molecular weight is 454 g/mol. The van der Waals surface area contributed by atoms with E-state index in [1.165, 1.54) is 0 Å². The second-order valence-electron chi connectivity index (χ2n) is 9.86. The molecule has 180 valence electrons. The van der Waals surface area contributed by atoms with Crippen molar-refractivity contribution in [3.63, 3.8) is 0 Å². The van der Waals surface area contributed by atoms with Crippen LogP contribution in [0.3, 0.4) is 0 Å². The zero-order chi connectivity index (χ0) is 23.8. The molecule has 1 aromatic carbocycles. The number of hydrogen-bond acceptors (Lipinski definition) is 4. The summed E-state index contributed by atoms with van der Waals surface area (Å²) in [7, 11) is 2.14. The number of aryl methyl sites for hydroxylation is 1. The summed E-state index contributed by atoms with van der Waals surface area (Å²) < 4.78 is 0. The van der Waals surface area contributed by atoms with Crippen molar-refractivity contribution in [2.24, 2.45) is 5.92 Å². The van der Waals surface area contributed by atoms with Crippen molar-refractivity contribution in [1.29, 1.82) is 5.26 Å². The van der Waals surface area contributed by atoms with Gasteiger partial charge >= 0.3 is 5.97 Å². The predicted octanol–water partition coefficient (Wildman–Crippen LogP) is 4.38. The first-order valence-corrected chi connectivity index (χ1v) is 12.6. The number of hydrogen-bond donors (Lipinski definition) is 1. The number of carboxylic acids is 1. The molecule has 2 aliphatic heterocycles. The molecular weight excluding hydrogens is 414 g/mol. The molecule has 2 aliphatic rings. The van der Waals surface area contributed by atoms with E-state index < -0.39 is 11.4 Å². The molecule has 2 heterocycles. The summed E-state index contributed by atoms with van der Waals surface area (Å²) >= 11 is 0. The normalized spacial score (nSPS) is 23.1. The molecule has 6 nitrogen and oxygen atoms in total. The third-order valence-corrected chi connectivity index (χ3v) is 7.72. The molecule has 0 aliphatic carbocycles. The molecule has 0 radical (unpaired) electrons. The van der Waals surface area contributed by atoms with E-state index in [1.54, 1.807) is 0 Å². The Morgan fingerprint density at radius 2 is 1.91 bits per heavy atom. The van der Waals surface area contributed by atoms with E-state index in [0.29, 0.717) is 38.4 Å². The number of carbonyl (C=O) groups is 2. The van der Waals surface area contributed by atoms with Crippen molar-refractivity contribution >= 4 is 11.9 Å². The van der Waals surface area contributed by atoms with Gasteiger partial charge in [-0.25, -0.2) is 0 Å². The number of aliphatic carboxylic acids is 1. The summed E-state index contributed by atoms with van der Waals surface area (Å²) in [5.74, 6) is -0.424. The third kappa shape index (κ3) is 5.95. The summed E-state index contributed by atoms with van der Waals surface area (Å²) in [6.45, 7) is 4.50. The second kappa shape index (κ2) is 11.7. The van der Waals surface area contributed by atoms with Crippen LogP contribution >= 0.6 is 0 Å². The molecule has 3 rings (SSSR count). The van der Waals surface area contributed by atoms with Gasteiger partial charge in [0.05, 0.1) is 17.4 Å². The number of carbonyl (C=O) groups excluding carboxylic acids is 1. The Hall–Kier alpha value is -2.39. The van der Waals surface area contributed by atoms with Crippen molar-refractivity contribution in [2.75, 3.05) is 26.7 Å². The number of likely N-dealkylation sites (tertiary alicyclic amines) is 2. The molecule has 6 heteroatoms. The van der Waals surface area contributed by atoms with Crippen LogP contribution in [0.15, 0.2) is 24.3 Å². The van der Waals surface area contributed by atoms with E-state index in [9.17, 15) is 14.9 Å². The standard InChI is InChI=1S/C27H39N3O3/c1-3-9-24-22(12-8-17-29(24)2)26(33)30-18-15-27(20-28,16-19-30)23-13-6-4-10-21(23)11-5-7-14-25(31)32/h4,6,10,13,22,24H,3,5,7-9,11-12,14-19H2,1-2H3,(H,31,32). The van der Waals surface area contributed by atoms with Gasteiger partial charge in [-0.1, -0.05) is 37.6 Å². The van der Waals surface area contributed by atoms with E-state index in [2.05, 4.69) is 37.1 Å². The Morgan fingerprint density at radius 3 is 2.58 bits per heavy atom. The number of rotatable bonds is 9. The van der Waals surface area contributed by atoms with Crippen LogP contribution in [0.4, 0.5) is 0 Å². The first-order valence-electron chi connectivity index (χ1n) is 12.6. The third-order valence-electron chi connectivity index (χ3n) is 7.72. The Labute approximate surface area is 198 Å². The van der Waals surface area contributed by atoms with Gasteiger partial charge in [0.2, 0.25) is 5.91 Å². The molecule has 1 N–H and O–H groups in total. The Morgan fingerprint density at radius 1 is 1.18 bits per heavy atom. The number of amides is 1. The fourth-order valence-corrected chi connectivity index (χ4v) is 5.81. The molecule has 2 saturated heterocycles. The lowest BCUT2D eigenvalue weighted by Gasteiger charge is -2.43. The summed E-state index contributed by atoms with van der Waals surface area (Å²) in [6, 6.07) is 11.0. The van der Waals surface area contributed by atoms with Crippen molar-refractivity contribution in [3.05, 3.63) is 35.4 Å². The lowest BCUT2D eigenvalue weighted by molar-refractivity contribution is -0.141. The topological polar surface area (TPSA) is 84.6 Å². The van der Waals surface area contributed by atoms with Crippen LogP contribution in [0.1, 0.15) is 75.8 Å². The minimum Gasteiger partial charge on any atom is -0.481 e. The van der Waals surface area contributed by atoms with E-state index in [0.717, 1.165) is 56.2 Å². The van der Waals surface area contributed by atoms with E-state index >= 15 is 0 Å². The summed E-state index contributed by atoms with van der Waals surface area (Å²) in [4.78, 5) is 28.7. The fourth-order valence-electron chi connectivity index (χ4n) is 5.81. The predicted molar refractivity (Wildman–Crippen MR) is 129 cm³/mol. The summed E-state index contributed by atoms with van der Waals surface area (Å²) in [6.07, 6.45) is 7.87. The van der Waals surface area contributed by atoms with Gasteiger partial charge in [0.15, 0.2) is 0 Å². The highest BCUT2D eigenvalue weighted by atomic mass is 16.4. The largest absolute Gasteiger partial charge is 0.481 e. The van der Waals surface area contributed by atoms with Gasteiger partial charge in [0.1, 0.15) is 0 Å². The molecule has 1 amide bonds. The Bertz CT molecular complexity index is 854. The molecule has 2 fully saturated rings. The first kappa shape index (κ1) is 25.2. The smallest absolute Gasteiger partial charge is 0.303 e. The first-order chi connectivity index (χ1) is 15.9. The fraction of sp³-hybridized carbons (Fsp3) is 0.667. The van der Waals surface area contributed by atoms with Gasteiger partial charge in [-0.05, 0) is 76.1 Å². The number of benzene rings is 1. The molecular formula is C27H39N3O3. The van der Waals surface area contributed by atoms with Crippen LogP contribution in [0.25, 0.3) is 0 Å². The molecule has 0 spiro atoms. The van der Waals surface area contributed by atoms with Crippen LogP contribution in [-0.2, 0) is 21.4 Å². The van der Waals surface area contributed by atoms with Crippen molar-refractivity contribution in [3.8, 4) is 6.07 Å². The molecule has 1 aromatic rings. The van der Waals surface area contributed by atoms with Gasteiger partial charge in [0, 0.05) is 25.6 Å². The van der Waals surface area contributed by atoms with E-state index in [-0.39, 0.29) is 18.2 Å². The van der Waals surface area contributed by atoms with E-state index in [4.69, 9.17) is 5.11 Å². The maximum atomic E-state index is 13.5. The maximum absolute atomic E-state index is 13.5. The van der Waals surface area contributed by atoms with Gasteiger partial charge in [-0.3, -0.25) is 9.59 Å². The second-order valence-corrected chi connectivity index (χ2v) is 9.86. The highest BCUT2D eigenvalue weighted by Crippen LogP contribution is 2.38. The van der Waals surface area contributed by atoms with Gasteiger partial charge < -0.3 is 14.9 Å². The molecule has 0 saturated carbocycles. The monoisotopic (exact) mass is 453 g/mol. The van der Waals surface area contributed by atoms with Gasteiger partial charge in [-0.2, -0.15) is 5.26 Å². The lowest BCUT2D eigenvalue weighted by atomic mass is 9.71. The quantitative estimate of drug-likeness (QED) is 0.561. The minimum atomic E-state index is -0.765.